The van der Waals surface area contributed by atoms with E-state index in [2.05, 4.69) is 9.72 Å². The molecule has 0 bridgehead atoms. The zero-order chi connectivity index (χ0) is 11.6. The lowest BCUT2D eigenvalue weighted by molar-refractivity contribution is 0.0593. The summed E-state index contributed by atoms with van der Waals surface area (Å²) in [5, 5.41) is 0. The number of nitrogens with zero attached hydrogens (tertiary/aromatic N) is 1. The van der Waals surface area contributed by atoms with Gasteiger partial charge in [-0.25, -0.2) is 18.6 Å². The van der Waals surface area contributed by atoms with Crippen molar-refractivity contribution in [2.45, 2.75) is 6.43 Å². The Kier molecular flexibility index (Phi) is 3.03. The Hall–Kier alpha value is -1.92. The van der Waals surface area contributed by atoms with Crippen molar-refractivity contribution in [3.8, 4) is 0 Å². The molecule has 0 aliphatic rings. The molecule has 0 saturated carbocycles. The van der Waals surface area contributed by atoms with Crippen LogP contribution in [0.25, 0.3) is 0 Å². The van der Waals surface area contributed by atoms with E-state index in [0.29, 0.717) is 0 Å². The van der Waals surface area contributed by atoms with Gasteiger partial charge in [0.15, 0.2) is 5.69 Å². The summed E-state index contributed by atoms with van der Waals surface area (Å²) < 4.78 is 29.2. The Morgan fingerprint density at radius 2 is 2.13 bits per heavy atom. The van der Waals surface area contributed by atoms with E-state index in [0.717, 1.165) is 13.2 Å². The molecular weight excluding hydrogens is 208 g/mol. The van der Waals surface area contributed by atoms with Gasteiger partial charge in [-0.3, -0.25) is 0 Å². The highest BCUT2D eigenvalue weighted by molar-refractivity contribution is 5.89. The number of hydrogen-bond acceptors (Lipinski definition) is 5. The minimum Gasteiger partial charge on any atom is -0.464 e. The van der Waals surface area contributed by atoms with Gasteiger partial charge in [0.2, 0.25) is 0 Å². The van der Waals surface area contributed by atoms with Gasteiger partial charge in [0.05, 0.1) is 12.8 Å². The van der Waals surface area contributed by atoms with Crippen LogP contribution in [0.3, 0.4) is 0 Å². The fraction of sp³-hybridized carbons (Fsp3) is 0.250. The van der Waals surface area contributed by atoms with Crippen molar-refractivity contribution in [3.63, 3.8) is 0 Å². The Balaban J connectivity index is 3.29. The van der Waals surface area contributed by atoms with E-state index in [1.165, 1.54) is 0 Å². The fourth-order valence-corrected chi connectivity index (χ4v) is 0.985. The van der Waals surface area contributed by atoms with Gasteiger partial charge in [0.25, 0.3) is 6.43 Å². The van der Waals surface area contributed by atoms with Gasteiger partial charge in [0.1, 0.15) is 5.82 Å². The third kappa shape index (κ3) is 2.12. The van der Waals surface area contributed by atoms with E-state index in [1.54, 1.807) is 0 Å². The van der Waals surface area contributed by atoms with E-state index in [-0.39, 0.29) is 17.2 Å². The summed E-state index contributed by atoms with van der Waals surface area (Å²) in [4.78, 5) is 14.6. The lowest BCUT2D eigenvalue weighted by atomic mass is 10.2. The third-order valence-electron chi connectivity index (χ3n) is 1.75. The Morgan fingerprint density at radius 1 is 1.53 bits per heavy atom. The van der Waals surface area contributed by atoms with Crippen molar-refractivity contribution in [2.75, 3.05) is 18.6 Å². The zero-order valence-corrected chi connectivity index (χ0v) is 7.83. The number of carbonyl (C=O) groups excluding carboxylic acids is 1. The van der Waals surface area contributed by atoms with Crippen LogP contribution in [-0.2, 0) is 4.74 Å². The van der Waals surface area contributed by atoms with Crippen LogP contribution in [0.5, 0.6) is 0 Å². The number of ether oxygens (including phenoxy) is 1. The average Bonchev–Trinajstić information content (AvgIpc) is 2.20. The Labute approximate surface area is 84.0 Å². The monoisotopic (exact) mass is 217 g/mol. The summed E-state index contributed by atoms with van der Waals surface area (Å²) in [6.45, 7) is 0. The smallest absolute Gasteiger partial charge is 0.356 e. The highest BCUT2D eigenvalue weighted by Gasteiger charge is 2.19. The number of nitrogens with two attached hydrogens (primary N) is 2. The topological polar surface area (TPSA) is 91.2 Å². The lowest BCUT2D eigenvalue weighted by Gasteiger charge is -2.08. The predicted octanol–water partition coefficient (Wildman–Crippen LogP) is 0.970. The molecule has 0 atom stereocenters. The van der Waals surface area contributed by atoms with Crippen molar-refractivity contribution in [2.24, 2.45) is 0 Å². The zero-order valence-electron chi connectivity index (χ0n) is 7.83. The molecule has 82 valence electrons. The molecule has 15 heavy (non-hydrogen) atoms. The minimum absolute atomic E-state index is 0.292. The highest BCUT2D eigenvalue weighted by Crippen LogP contribution is 2.28. The first-order valence-electron chi connectivity index (χ1n) is 3.89. The van der Waals surface area contributed by atoms with Gasteiger partial charge in [-0.15, -0.1) is 0 Å². The second-order valence-corrected chi connectivity index (χ2v) is 2.69. The lowest BCUT2D eigenvalue weighted by Crippen LogP contribution is -2.10. The van der Waals surface area contributed by atoms with Crippen molar-refractivity contribution in [1.29, 1.82) is 0 Å². The summed E-state index contributed by atoms with van der Waals surface area (Å²) in [6.07, 6.45) is -2.82. The second kappa shape index (κ2) is 4.07. The molecule has 0 aliphatic carbocycles. The van der Waals surface area contributed by atoms with Crippen LogP contribution in [-0.4, -0.2) is 18.1 Å². The van der Waals surface area contributed by atoms with E-state index in [1.807, 2.05) is 0 Å². The fourth-order valence-electron chi connectivity index (χ4n) is 0.985. The van der Waals surface area contributed by atoms with Gasteiger partial charge in [-0.05, 0) is 6.07 Å². The summed E-state index contributed by atoms with van der Waals surface area (Å²) >= 11 is 0. The molecule has 1 aromatic heterocycles. The number of pyridine rings is 1. The molecule has 0 aromatic carbocycles. The van der Waals surface area contributed by atoms with Crippen LogP contribution >= 0.6 is 0 Å². The number of alkyl halides is 2. The van der Waals surface area contributed by atoms with Crippen LogP contribution in [0.1, 0.15) is 22.5 Å². The number of esters is 1. The molecule has 0 aliphatic heterocycles. The molecule has 1 heterocycles. The molecule has 0 radical (unpaired) electrons. The summed E-state index contributed by atoms with van der Waals surface area (Å²) in [5.41, 5.74) is 9.41. The van der Waals surface area contributed by atoms with Crippen LogP contribution in [0.4, 0.5) is 20.3 Å². The van der Waals surface area contributed by atoms with Crippen molar-refractivity contribution >= 4 is 17.5 Å². The number of carbonyl (C=O) groups is 1. The molecule has 0 amide bonds. The van der Waals surface area contributed by atoms with Crippen LogP contribution in [0, 0.1) is 0 Å². The number of anilines is 2. The van der Waals surface area contributed by atoms with Crippen LogP contribution < -0.4 is 11.5 Å². The predicted molar refractivity (Wildman–Crippen MR) is 49.4 cm³/mol. The number of halogens is 2. The number of nitrogen functional groups attached to an aromatic ring is 2. The van der Waals surface area contributed by atoms with Crippen LogP contribution in [0.15, 0.2) is 6.07 Å². The molecule has 5 nitrogen and oxygen atoms in total. The van der Waals surface area contributed by atoms with Crippen molar-refractivity contribution in [3.05, 3.63) is 17.3 Å². The average molecular weight is 217 g/mol. The molecular formula is C8H9F2N3O2. The number of hydrogen-bond donors (Lipinski definition) is 2. The highest BCUT2D eigenvalue weighted by atomic mass is 19.3. The molecule has 4 N–H and O–H groups in total. The van der Waals surface area contributed by atoms with Crippen molar-refractivity contribution < 1.29 is 18.3 Å². The summed E-state index contributed by atoms with van der Waals surface area (Å²) in [7, 11) is 1.11. The molecule has 0 unspecified atom stereocenters. The van der Waals surface area contributed by atoms with E-state index in [9.17, 15) is 13.6 Å². The molecule has 0 fully saturated rings. The van der Waals surface area contributed by atoms with Gasteiger partial charge in [-0.2, -0.15) is 0 Å². The quantitative estimate of drug-likeness (QED) is 0.720. The normalized spacial score (nSPS) is 10.4. The van der Waals surface area contributed by atoms with E-state index >= 15 is 0 Å². The van der Waals surface area contributed by atoms with E-state index in [4.69, 9.17) is 11.5 Å². The first-order chi connectivity index (χ1) is 6.97. The number of aromatic nitrogens is 1. The standard InChI is InChI=1S/C8H9F2N3O2/c1-15-8(14)4-2-3(6(9)10)5(11)7(12)13-4/h2,6H,11H2,1H3,(H2,12,13). The molecule has 0 saturated heterocycles. The number of rotatable bonds is 2. The first-order valence-corrected chi connectivity index (χ1v) is 3.89. The minimum atomic E-state index is -2.82. The molecule has 1 aromatic rings. The van der Waals surface area contributed by atoms with Gasteiger partial charge >= 0.3 is 5.97 Å². The van der Waals surface area contributed by atoms with E-state index < -0.39 is 18.0 Å². The molecule has 7 heteroatoms. The van der Waals surface area contributed by atoms with Gasteiger partial charge < -0.3 is 16.2 Å². The maximum atomic E-state index is 12.4. The summed E-state index contributed by atoms with van der Waals surface area (Å²) in [6, 6.07) is 0.863. The van der Waals surface area contributed by atoms with Crippen LogP contribution in [0.2, 0.25) is 0 Å². The summed E-state index contributed by atoms with van der Waals surface area (Å²) in [5.74, 6) is -1.16. The maximum Gasteiger partial charge on any atom is 0.356 e. The maximum absolute atomic E-state index is 12.4. The largest absolute Gasteiger partial charge is 0.464 e. The van der Waals surface area contributed by atoms with Crippen molar-refractivity contribution in [1.82, 2.24) is 4.98 Å². The van der Waals surface area contributed by atoms with Gasteiger partial charge in [-0.1, -0.05) is 0 Å². The molecule has 0 spiro atoms. The SMILES string of the molecule is COC(=O)c1cc(C(F)F)c(N)c(N)n1. The first kappa shape index (κ1) is 11.2. The Bertz CT molecular complexity index is 396. The molecule has 1 rings (SSSR count). The second-order valence-electron chi connectivity index (χ2n) is 2.69. The Morgan fingerprint density at radius 3 is 2.60 bits per heavy atom. The van der Waals surface area contributed by atoms with Gasteiger partial charge in [0, 0.05) is 5.56 Å². The number of methoxy groups -OCH3 is 1. The third-order valence-corrected chi connectivity index (χ3v) is 1.75.